The Balaban J connectivity index is 2.37. The highest BCUT2D eigenvalue weighted by atomic mass is 127. The van der Waals surface area contributed by atoms with E-state index >= 15 is 0 Å². The average molecular weight is 294 g/mol. The summed E-state index contributed by atoms with van der Waals surface area (Å²) in [6.45, 7) is 3.32. The van der Waals surface area contributed by atoms with Gasteiger partial charge in [0.15, 0.2) is 5.82 Å². The third-order valence-corrected chi connectivity index (χ3v) is 4.20. The van der Waals surface area contributed by atoms with Gasteiger partial charge in [0.2, 0.25) is 0 Å². The molecule has 1 aromatic rings. The van der Waals surface area contributed by atoms with Crippen LogP contribution in [0.4, 0.5) is 5.82 Å². The molecule has 2 rings (SSSR count). The van der Waals surface area contributed by atoms with Gasteiger partial charge >= 0.3 is 0 Å². The molecule has 0 radical (unpaired) electrons. The van der Waals surface area contributed by atoms with Crippen molar-refractivity contribution < 1.29 is 0 Å². The molecule has 2 nitrogen and oxygen atoms in total. The normalized spacial score (nSPS) is 16.3. The molecule has 66 valence electrons. The number of aryl methyl sites for hydroxylation is 2. The van der Waals surface area contributed by atoms with Crippen molar-refractivity contribution in [3.05, 3.63) is 9.88 Å². The maximum absolute atomic E-state index is 4.59. The molecule has 1 aromatic heterocycles. The van der Waals surface area contributed by atoms with Crippen LogP contribution in [0.3, 0.4) is 0 Å². The summed E-state index contributed by atoms with van der Waals surface area (Å²) in [6.07, 6.45) is 3.58. The Morgan fingerprint density at radius 3 is 3.17 bits per heavy atom. The summed E-state index contributed by atoms with van der Waals surface area (Å²) in [5.41, 5.74) is 0. The fourth-order valence-electron chi connectivity index (χ4n) is 1.38. The Bertz CT molecular complexity index is 285. The third kappa shape index (κ3) is 1.46. The molecular weight excluding hydrogens is 283 g/mol. The molecule has 1 aliphatic rings. The molecule has 0 N–H and O–H groups in total. The lowest BCUT2D eigenvalue weighted by atomic mass is 10.2. The van der Waals surface area contributed by atoms with Crippen molar-refractivity contribution in [2.75, 3.05) is 9.66 Å². The van der Waals surface area contributed by atoms with E-state index in [4.69, 9.17) is 0 Å². The van der Waals surface area contributed by atoms with Crippen LogP contribution >= 0.6 is 34.2 Å². The van der Waals surface area contributed by atoms with E-state index in [1.165, 1.54) is 28.5 Å². The quantitative estimate of drug-likeness (QED) is 0.585. The highest BCUT2D eigenvalue weighted by molar-refractivity contribution is 14.1. The number of anilines is 1. The summed E-state index contributed by atoms with van der Waals surface area (Å²) in [7, 11) is 0. The van der Waals surface area contributed by atoms with Gasteiger partial charge < -0.3 is 0 Å². The van der Waals surface area contributed by atoms with Gasteiger partial charge in [-0.3, -0.25) is 3.11 Å². The van der Waals surface area contributed by atoms with Gasteiger partial charge in [-0.15, -0.1) is 11.3 Å². The van der Waals surface area contributed by atoms with Crippen LogP contribution in [0.2, 0.25) is 0 Å². The van der Waals surface area contributed by atoms with Gasteiger partial charge in [-0.1, -0.05) is 6.92 Å². The van der Waals surface area contributed by atoms with Gasteiger partial charge in [0, 0.05) is 11.4 Å². The number of hydrogen-bond donors (Lipinski definition) is 0. The molecule has 0 unspecified atom stereocenters. The molecule has 4 heteroatoms. The number of fused-ring (bicyclic) bond motifs is 1. The van der Waals surface area contributed by atoms with Gasteiger partial charge in [0.1, 0.15) is 0 Å². The molecule has 0 saturated carbocycles. The molecule has 2 heterocycles. The average Bonchev–Trinajstić information content (AvgIpc) is 2.49. The Morgan fingerprint density at radius 2 is 2.50 bits per heavy atom. The van der Waals surface area contributed by atoms with Crippen molar-refractivity contribution in [3.63, 3.8) is 0 Å². The van der Waals surface area contributed by atoms with Crippen LogP contribution in [0.5, 0.6) is 0 Å². The highest BCUT2D eigenvalue weighted by Gasteiger charge is 2.19. The van der Waals surface area contributed by atoms with Crippen molar-refractivity contribution in [2.24, 2.45) is 0 Å². The highest BCUT2D eigenvalue weighted by Crippen LogP contribution is 2.33. The van der Waals surface area contributed by atoms with Crippen molar-refractivity contribution in [1.82, 2.24) is 4.98 Å². The standard InChI is InChI=1S/C8H11IN2S/c1-2-7-10-8-6(12-7)4-3-5-11(8)9/h2-5H2,1H3. The first-order valence-electron chi connectivity index (χ1n) is 4.23. The summed E-state index contributed by atoms with van der Waals surface area (Å²) in [5, 5.41) is 1.28. The summed E-state index contributed by atoms with van der Waals surface area (Å²) < 4.78 is 2.24. The summed E-state index contributed by atoms with van der Waals surface area (Å²) >= 11 is 4.24. The summed E-state index contributed by atoms with van der Waals surface area (Å²) in [4.78, 5) is 6.07. The fourth-order valence-corrected chi connectivity index (χ4v) is 3.34. The number of nitrogens with zero attached hydrogens (tertiary/aromatic N) is 2. The zero-order chi connectivity index (χ0) is 8.55. The molecule has 0 amide bonds. The second-order valence-electron chi connectivity index (χ2n) is 2.90. The van der Waals surface area contributed by atoms with E-state index in [9.17, 15) is 0 Å². The van der Waals surface area contributed by atoms with E-state index in [0.717, 1.165) is 13.0 Å². The van der Waals surface area contributed by atoms with Gasteiger partial charge in [-0.05, 0) is 19.3 Å². The maximum Gasteiger partial charge on any atom is 0.151 e. The Hall–Kier alpha value is 0.160. The van der Waals surface area contributed by atoms with Crippen molar-refractivity contribution in [1.29, 1.82) is 0 Å². The van der Waals surface area contributed by atoms with Gasteiger partial charge in [0.25, 0.3) is 0 Å². The lowest BCUT2D eigenvalue weighted by molar-refractivity contribution is 0.809. The van der Waals surface area contributed by atoms with Crippen LogP contribution in [-0.2, 0) is 12.8 Å². The second-order valence-corrected chi connectivity index (χ2v) is 5.23. The molecule has 0 saturated heterocycles. The first-order valence-corrected chi connectivity index (χ1v) is 6.01. The maximum atomic E-state index is 4.59. The molecule has 0 fully saturated rings. The van der Waals surface area contributed by atoms with Crippen molar-refractivity contribution >= 4 is 40.0 Å². The lowest BCUT2D eigenvalue weighted by Gasteiger charge is -2.19. The van der Waals surface area contributed by atoms with Crippen LogP contribution < -0.4 is 3.11 Å². The SMILES string of the molecule is CCc1nc2c(s1)CCCN2I. The van der Waals surface area contributed by atoms with E-state index in [-0.39, 0.29) is 0 Å². The Morgan fingerprint density at radius 1 is 1.67 bits per heavy atom. The molecule has 12 heavy (non-hydrogen) atoms. The number of aromatic nitrogens is 1. The Labute approximate surface area is 90.5 Å². The predicted octanol–water partition coefficient (Wildman–Crippen LogP) is 2.81. The number of halogens is 1. The van der Waals surface area contributed by atoms with Crippen LogP contribution in [0, 0.1) is 0 Å². The second kappa shape index (κ2) is 3.49. The molecule has 0 spiro atoms. The number of rotatable bonds is 1. The summed E-state index contributed by atoms with van der Waals surface area (Å²) in [6, 6.07) is 0. The zero-order valence-electron chi connectivity index (χ0n) is 7.01. The molecule has 0 atom stereocenters. The van der Waals surface area contributed by atoms with E-state index < -0.39 is 0 Å². The van der Waals surface area contributed by atoms with Gasteiger partial charge in [-0.25, -0.2) is 4.98 Å². The van der Waals surface area contributed by atoms with E-state index in [1.54, 1.807) is 0 Å². The fraction of sp³-hybridized carbons (Fsp3) is 0.625. The smallest absolute Gasteiger partial charge is 0.151 e. The minimum atomic E-state index is 1.07. The largest absolute Gasteiger partial charge is 0.298 e. The third-order valence-electron chi connectivity index (χ3n) is 2.01. The van der Waals surface area contributed by atoms with E-state index in [2.05, 4.69) is 37.9 Å². The molecule has 0 bridgehead atoms. The van der Waals surface area contributed by atoms with Crippen LogP contribution in [0.1, 0.15) is 23.2 Å². The van der Waals surface area contributed by atoms with Crippen LogP contribution in [0.15, 0.2) is 0 Å². The van der Waals surface area contributed by atoms with E-state index in [0.29, 0.717) is 0 Å². The molecular formula is C8H11IN2S. The van der Waals surface area contributed by atoms with E-state index in [1.807, 2.05) is 11.3 Å². The van der Waals surface area contributed by atoms with Gasteiger partial charge in [-0.2, -0.15) is 0 Å². The molecule has 1 aliphatic heterocycles. The zero-order valence-corrected chi connectivity index (χ0v) is 9.98. The molecule has 0 aromatic carbocycles. The predicted molar refractivity (Wildman–Crippen MR) is 61.2 cm³/mol. The molecule has 0 aliphatic carbocycles. The minimum Gasteiger partial charge on any atom is -0.298 e. The topological polar surface area (TPSA) is 16.1 Å². The first-order chi connectivity index (χ1) is 5.81. The Kier molecular flexibility index (Phi) is 2.55. The first kappa shape index (κ1) is 8.74. The van der Waals surface area contributed by atoms with Crippen LogP contribution in [-0.4, -0.2) is 11.5 Å². The number of hydrogen-bond acceptors (Lipinski definition) is 3. The number of thiazole rings is 1. The summed E-state index contributed by atoms with van der Waals surface area (Å²) in [5.74, 6) is 1.23. The minimum absolute atomic E-state index is 1.07. The van der Waals surface area contributed by atoms with Crippen LogP contribution in [0.25, 0.3) is 0 Å². The van der Waals surface area contributed by atoms with Gasteiger partial charge in [0.05, 0.1) is 27.9 Å². The lowest BCUT2D eigenvalue weighted by Crippen LogP contribution is -2.17. The monoisotopic (exact) mass is 294 g/mol. The van der Waals surface area contributed by atoms with Crippen molar-refractivity contribution in [3.8, 4) is 0 Å². The van der Waals surface area contributed by atoms with Crippen molar-refractivity contribution in [2.45, 2.75) is 26.2 Å².